The van der Waals surface area contributed by atoms with E-state index in [9.17, 15) is 0 Å². The first-order chi connectivity index (χ1) is 10.3. The van der Waals surface area contributed by atoms with Crippen molar-refractivity contribution in [2.75, 3.05) is 7.05 Å². The minimum Gasteiger partial charge on any atom is -0.312 e. The van der Waals surface area contributed by atoms with Gasteiger partial charge in [-0.05, 0) is 54.4 Å². The van der Waals surface area contributed by atoms with Crippen molar-refractivity contribution in [2.45, 2.75) is 38.1 Å². The molecule has 0 amide bonds. The van der Waals surface area contributed by atoms with E-state index in [-0.39, 0.29) is 0 Å². The summed E-state index contributed by atoms with van der Waals surface area (Å²) in [7, 11) is 2.01. The molecule has 0 aliphatic carbocycles. The molecule has 2 aromatic rings. The highest BCUT2D eigenvalue weighted by molar-refractivity contribution is 9.10. The standard InChI is InChI=1S/C18H23BrN2/c1-3-4-5-6-7-12-17(20-2)18-15(19)13-14-10-8-9-11-16(14)21-18/h3,8-11,13,17,20H,1,4-7,12H2,2H3. The first kappa shape index (κ1) is 16.2. The van der Waals surface area contributed by atoms with E-state index in [1.54, 1.807) is 0 Å². The highest BCUT2D eigenvalue weighted by Gasteiger charge is 2.15. The third-order valence-electron chi connectivity index (χ3n) is 3.78. The van der Waals surface area contributed by atoms with E-state index < -0.39 is 0 Å². The maximum Gasteiger partial charge on any atom is 0.0722 e. The molecule has 21 heavy (non-hydrogen) atoms. The van der Waals surface area contributed by atoms with Crippen LogP contribution >= 0.6 is 15.9 Å². The van der Waals surface area contributed by atoms with Crippen molar-refractivity contribution < 1.29 is 0 Å². The SMILES string of the molecule is C=CCCCCCC(NC)c1nc2ccccc2cc1Br. The molecule has 2 nitrogen and oxygen atoms in total. The third kappa shape index (κ3) is 4.39. The Morgan fingerprint density at radius 1 is 1.29 bits per heavy atom. The van der Waals surface area contributed by atoms with Gasteiger partial charge in [0, 0.05) is 9.86 Å². The van der Waals surface area contributed by atoms with Gasteiger partial charge in [0.15, 0.2) is 0 Å². The van der Waals surface area contributed by atoms with Crippen LogP contribution in [-0.4, -0.2) is 12.0 Å². The average Bonchev–Trinajstić information content (AvgIpc) is 2.51. The number of para-hydroxylation sites is 1. The Bertz CT molecular complexity index is 595. The Labute approximate surface area is 135 Å². The predicted molar refractivity (Wildman–Crippen MR) is 94.5 cm³/mol. The van der Waals surface area contributed by atoms with E-state index >= 15 is 0 Å². The summed E-state index contributed by atoms with van der Waals surface area (Å²) in [6.45, 7) is 3.77. The normalized spacial score (nSPS) is 12.5. The van der Waals surface area contributed by atoms with Gasteiger partial charge in [0.05, 0.1) is 17.3 Å². The second-order valence-electron chi connectivity index (χ2n) is 5.32. The number of nitrogens with zero attached hydrogens (tertiary/aromatic N) is 1. The Morgan fingerprint density at radius 3 is 2.86 bits per heavy atom. The van der Waals surface area contributed by atoms with Crippen LogP contribution in [0.3, 0.4) is 0 Å². The topological polar surface area (TPSA) is 24.9 Å². The summed E-state index contributed by atoms with van der Waals surface area (Å²) in [6, 6.07) is 10.7. The van der Waals surface area contributed by atoms with Crippen molar-refractivity contribution >= 4 is 26.8 Å². The van der Waals surface area contributed by atoms with E-state index in [1.165, 1.54) is 24.6 Å². The Morgan fingerprint density at radius 2 is 2.10 bits per heavy atom. The number of fused-ring (bicyclic) bond motifs is 1. The summed E-state index contributed by atoms with van der Waals surface area (Å²) in [5, 5.41) is 4.58. The predicted octanol–water partition coefficient (Wildman–Crippen LogP) is 5.39. The molecule has 1 N–H and O–H groups in total. The number of benzene rings is 1. The van der Waals surface area contributed by atoms with Gasteiger partial charge in [0.1, 0.15) is 0 Å². The molecule has 0 aliphatic heterocycles. The van der Waals surface area contributed by atoms with Crippen LogP contribution in [-0.2, 0) is 0 Å². The molecule has 0 saturated heterocycles. The van der Waals surface area contributed by atoms with Crippen LogP contribution in [0.1, 0.15) is 43.8 Å². The zero-order valence-corrected chi connectivity index (χ0v) is 14.2. The zero-order valence-electron chi connectivity index (χ0n) is 12.6. The molecular formula is C18H23BrN2. The molecule has 0 fully saturated rings. The fourth-order valence-electron chi connectivity index (χ4n) is 2.58. The minimum absolute atomic E-state index is 0.299. The molecule has 0 aliphatic rings. The van der Waals surface area contributed by atoms with Gasteiger partial charge in [-0.3, -0.25) is 0 Å². The molecule has 0 saturated carbocycles. The number of hydrogen-bond donors (Lipinski definition) is 1. The molecule has 1 heterocycles. The van der Waals surface area contributed by atoms with Crippen LogP contribution in [0, 0.1) is 0 Å². The Kier molecular flexibility index (Phi) is 6.40. The fourth-order valence-corrected chi connectivity index (χ4v) is 3.19. The zero-order chi connectivity index (χ0) is 15.1. The molecule has 0 radical (unpaired) electrons. The van der Waals surface area contributed by atoms with Crippen LogP contribution in [0.4, 0.5) is 0 Å². The first-order valence-corrected chi connectivity index (χ1v) is 8.39. The number of nitrogens with one attached hydrogen (secondary N) is 1. The number of hydrogen-bond acceptors (Lipinski definition) is 2. The average molecular weight is 347 g/mol. The van der Waals surface area contributed by atoms with E-state index in [1.807, 2.05) is 25.3 Å². The van der Waals surface area contributed by atoms with E-state index in [0.717, 1.165) is 28.5 Å². The Balaban J connectivity index is 2.10. The number of rotatable bonds is 8. The fraction of sp³-hybridized carbons (Fsp3) is 0.389. The summed E-state index contributed by atoms with van der Waals surface area (Å²) in [6.07, 6.45) is 7.90. The molecule has 1 atom stereocenters. The number of allylic oxidation sites excluding steroid dienone is 1. The van der Waals surface area contributed by atoms with Crippen molar-refractivity contribution in [3.8, 4) is 0 Å². The van der Waals surface area contributed by atoms with Gasteiger partial charge in [0.2, 0.25) is 0 Å². The van der Waals surface area contributed by atoms with Crippen molar-refractivity contribution in [1.29, 1.82) is 0 Å². The number of aromatic nitrogens is 1. The molecule has 112 valence electrons. The molecule has 1 unspecified atom stereocenters. The van der Waals surface area contributed by atoms with E-state index in [0.29, 0.717) is 6.04 Å². The summed E-state index contributed by atoms with van der Waals surface area (Å²) >= 11 is 3.68. The lowest BCUT2D eigenvalue weighted by molar-refractivity contribution is 0.497. The number of halogens is 1. The smallest absolute Gasteiger partial charge is 0.0722 e. The maximum atomic E-state index is 4.84. The van der Waals surface area contributed by atoms with Gasteiger partial charge in [-0.2, -0.15) is 0 Å². The van der Waals surface area contributed by atoms with Crippen LogP contribution in [0.2, 0.25) is 0 Å². The number of unbranched alkanes of at least 4 members (excludes halogenated alkanes) is 3. The Hall–Kier alpha value is -1.19. The molecule has 0 spiro atoms. The largest absolute Gasteiger partial charge is 0.312 e. The van der Waals surface area contributed by atoms with Gasteiger partial charge in [0.25, 0.3) is 0 Å². The molecule has 1 aromatic carbocycles. The molecule has 1 aromatic heterocycles. The lowest BCUT2D eigenvalue weighted by Crippen LogP contribution is -2.18. The van der Waals surface area contributed by atoms with Crippen molar-refractivity contribution in [3.63, 3.8) is 0 Å². The second kappa shape index (κ2) is 8.30. The summed E-state index contributed by atoms with van der Waals surface area (Å²) in [4.78, 5) is 4.84. The lowest BCUT2D eigenvalue weighted by atomic mass is 10.0. The summed E-state index contributed by atoms with van der Waals surface area (Å²) in [5.41, 5.74) is 2.17. The van der Waals surface area contributed by atoms with Gasteiger partial charge in [-0.25, -0.2) is 4.98 Å². The number of pyridine rings is 1. The highest BCUT2D eigenvalue weighted by Crippen LogP contribution is 2.28. The van der Waals surface area contributed by atoms with E-state index in [4.69, 9.17) is 4.98 Å². The lowest BCUT2D eigenvalue weighted by Gasteiger charge is -2.18. The molecule has 3 heteroatoms. The molecule has 0 bridgehead atoms. The summed E-state index contributed by atoms with van der Waals surface area (Å²) < 4.78 is 1.09. The molecule has 2 rings (SSSR count). The van der Waals surface area contributed by atoms with Crippen molar-refractivity contribution in [1.82, 2.24) is 10.3 Å². The van der Waals surface area contributed by atoms with Crippen LogP contribution in [0.15, 0.2) is 47.5 Å². The third-order valence-corrected chi connectivity index (χ3v) is 4.42. The van der Waals surface area contributed by atoms with Crippen molar-refractivity contribution in [2.24, 2.45) is 0 Å². The first-order valence-electron chi connectivity index (χ1n) is 7.59. The van der Waals surface area contributed by atoms with E-state index in [2.05, 4.69) is 46.0 Å². The van der Waals surface area contributed by atoms with Gasteiger partial charge in [-0.15, -0.1) is 6.58 Å². The second-order valence-corrected chi connectivity index (χ2v) is 6.17. The molecular weight excluding hydrogens is 324 g/mol. The summed E-state index contributed by atoms with van der Waals surface area (Å²) in [5.74, 6) is 0. The van der Waals surface area contributed by atoms with Crippen LogP contribution in [0.25, 0.3) is 10.9 Å². The minimum atomic E-state index is 0.299. The van der Waals surface area contributed by atoms with Crippen molar-refractivity contribution in [3.05, 3.63) is 53.2 Å². The van der Waals surface area contributed by atoms with Gasteiger partial charge in [-0.1, -0.05) is 37.1 Å². The highest BCUT2D eigenvalue weighted by atomic mass is 79.9. The maximum absolute atomic E-state index is 4.84. The quantitative estimate of drug-likeness (QED) is 0.511. The van der Waals surface area contributed by atoms with Crippen LogP contribution < -0.4 is 5.32 Å². The van der Waals surface area contributed by atoms with Gasteiger partial charge >= 0.3 is 0 Å². The monoisotopic (exact) mass is 346 g/mol. The van der Waals surface area contributed by atoms with Gasteiger partial charge < -0.3 is 5.32 Å². The van der Waals surface area contributed by atoms with Crippen LogP contribution in [0.5, 0.6) is 0 Å².